The van der Waals surface area contributed by atoms with Crippen molar-refractivity contribution in [2.75, 3.05) is 19.7 Å². The van der Waals surface area contributed by atoms with Crippen LogP contribution in [-0.4, -0.2) is 42.2 Å². The minimum Gasteiger partial charge on any atom is -0.487 e. The molecule has 2 fully saturated rings. The lowest BCUT2D eigenvalue weighted by molar-refractivity contribution is 0.00760. The summed E-state index contributed by atoms with van der Waals surface area (Å²) in [4.78, 5) is 0. The van der Waals surface area contributed by atoms with E-state index >= 15 is 0 Å². The first kappa shape index (κ1) is 19.3. The fourth-order valence-corrected chi connectivity index (χ4v) is 3.75. The maximum absolute atomic E-state index is 10.2. The van der Waals surface area contributed by atoms with Crippen molar-refractivity contribution in [2.45, 2.75) is 50.7 Å². The Hall–Kier alpha value is -1.50. The molecule has 6 nitrogen and oxygen atoms in total. The normalized spacial score (nSPS) is 24.2. The van der Waals surface area contributed by atoms with E-state index in [2.05, 4.69) is 10.5 Å². The Kier molecular flexibility index (Phi) is 6.62. The van der Waals surface area contributed by atoms with E-state index < -0.39 is 6.10 Å². The van der Waals surface area contributed by atoms with Crippen molar-refractivity contribution in [1.82, 2.24) is 10.5 Å². The number of hydrogen-bond donors (Lipinski definition) is 2. The zero-order valence-electron chi connectivity index (χ0n) is 14.9. The number of hydrogen-bond acceptors (Lipinski definition) is 6. The number of fused-ring (bicyclic) bond motifs is 1. The number of rotatable bonds is 5. The largest absolute Gasteiger partial charge is 0.487 e. The van der Waals surface area contributed by atoms with Crippen LogP contribution in [0.4, 0.5) is 0 Å². The van der Waals surface area contributed by atoms with Crippen LogP contribution in [0.5, 0.6) is 11.6 Å². The maximum Gasteiger partial charge on any atom is 0.265 e. The number of halogens is 1. The Bertz CT molecular complexity index is 702. The van der Waals surface area contributed by atoms with Crippen molar-refractivity contribution < 1.29 is 19.1 Å². The summed E-state index contributed by atoms with van der Waals surface area (Å²) in [6.07, 6.45) is 5.45. The van der Waals surface area contributed by atoms with Gasteiger partial charge in [-0.25, -0.2) is 0 Å². The van der Waals surface area contributed by atoms with Gasteiger partial charge in [0.1, 0.15) is 17.2 Å². The van der Waals surface area contributed by atoms with Gasteiger partial charge in [-0.3, -0.25) is 0 Å². The van der Waals surface area contributed by atoms with Gasteiger partial charge in [-0.15, -0.1) is 12.4 Å². The van der Waals surface area contributed by atoms with E-state index in [1.807, 2.05) is 18.2 Å². The molecule has 0 radical (unpaired) electrons. The van der Waals surface area contributed by atoms with Crippen molar-refractivity contribution in [2.24, 2.45) is 5.92 Å². The number of aromatic nitrogens is 1. The third-order valence-electron chi connectivity index (χ3n) is 5.29. The number of nitrogens with zero attached hydrogens (tertiary/aromatic N) is 1. The lowest BCUT2D eigenvalue weighted by Gasteiger charge is -2.28. The molecule has 2 aliphatic rings. The quantitative estimate of drug-likeness (QED) is 0.826. The fraction of sp³-hybridized carbons (Fsp3) is 0.632. The first-order valence-corrected chi connectivity index (χ1v) is 9.38. The van der Waals surface area contributed by atoms with Gasteiger partial charge < -0.3 is 24.4 Å². The molecule has 1 aliphatic carbocycles. The Labute approximate surface area is 159 Å². The monoisotopic (exact) mass is 382 g/mol. The van der Waals surface area contributed by atoms with E-state index in [0.29, 0.717) is 29.7 Å². The average molecular weight is 383 g/mol. The molecule has 2 atom stereocenters. The van der Waals surface area contributed by atoms with Gasteiger partial charge in [-0.1, -0.05) is 12.5 Å². The zero-order chi connectivity index (χ0) is 17.1. The maximum atomic E-state index is 10.2. The van der Waals surface area contributed by atoms with Crippen LogP contribution in [0.2, 0.25) is 0 Å². The summed E-state index contributed by atoms with van der Waals surface area (Å²) < 4.78 is 17.5. The molecule has 0 amide bonds. The van der Waals surface area contributed by atoms with Crippen LogP contribution >= 0.6 is 12.4 Å². The van der Waals surface area contributed by atoms with Crippen molar-refractivity contribution in [3.05, 3.63) is 18.2 Å². The number of aliphatic hydroxyl groups is 1. The smallest absolute Gasteiger partial charge is 0.265 e. The number of nitrogens with one attached hydrogen (secondary N) is 1. The molecule has 2 N–H and O–H groups in total. The topological polar surface area (TPSA) is 76.8 Å². The molecule has 1 saturated heterocycles. The van der Waals surface area contributed by atoms with E-state index in [-0.39, 0.29) is 18.5 Å². The highest BCUT2D eigenvalue weighted by atomic mass is 35.5. The number of benzene rings is 1. The van der Waals surface area contributed by atoms with Crippen LogP contribution in [-0.2, 0) is 0 Å². The van der Waals surface area contributed by atoms with Gasteiger partial charge in [0, 0.05) is 0 Å². The fourth-order valence-electron chi connectivity index (χ4n) is 3.75. The highest BCUT2D eigenvalue weighted by molar-refractivity contribution is 5.88. The first-order valence-electron chi connectivity index (χ1n) is 9.38. The SMILES string of the molecule is Cl.OC1CCCCC1Oc1cccc2onc(OCC3CCNCC3)c12. The zero-order valence-corrected chi connectivity index (χ0v) is 15.7. The van der Waals surface area contributed by atoms with Crippen molar-refractivity contribution in [3.8, 4) is 11.6 Å². The van der Waals surface area contributed by atoms with Gasteiger partial charge in [-0.05, 0) is 68.4 Å². The van der Waals surface area contributed by atoms with E-state index in [9.17, 15) is 5.11 Å². The Morgan fingerprint density at radius 1 is 1.15 bits per heavy atom. The van der Waals surface area contributed by atoms with E-state index in [1.165, 1.54) is 0 Å². The molecule has 0 bridgehead atoms. The average Bonchev–Trinajstić information content (AvgIpc) is 3.07. The molecule has 2 unspecified atom stereocenters. The van der Waals surface area contributed by atoms with Gasteiger partial charge in [-0.2, -0.15) is 0 Å². The van der Waals surface area contributed by atoms with Crippen molar-refractivity contribution in [3.63, 3.8) is 0 Å². The third-order valence-corrected chi connectivity index (χ3v) is 5.29. The van der Waals surface area contributed by atoms with Gasteiger partial charge >= 0.3 is 0 Å². The van der Waals surface area contributed by atoms with Crippen LogP contribution in [0.3, 0.4) is 0 Å². The van der Waals surface area contributed by atoms with E-state index in [4.69, 9.17) is 14.0 Å². The Balaban J connectivity index is 0.00000196. The van der Waals surface area contributed by atoms with E-state index in [1.54, 1.807) is 0 Å². The van der Waals surface area contributed by atoms with Gasteiger partial charge in [0.05, 0.1) is 12.7 Å². The molecule has 2 heterocycles. The lowest BCUT2D eigenvalue weighted by atomic mass is 9.95. The highest BCUT2D eigenvalue weighted by Crippen LogP contribution is 2.36. The van der Waals surface area contributed by atoms with Crippen LogP contribution in [0.1, 0.15) is 38.5 Å². The molecule has 2 aromatic rings. The Morgan fingerprint density at radius 3 is 2.77 bits per heavy atom. The summed E-state index contributed by atoms with van der Waals surface area (Å²) in [6.45, 7) is 2.73. The first-order chi connectivity index (χ1) is 12.3. The second kappa shape index (κ2) is 8.93. The number of ether oxygens (including phenoxy) is 2. The Morgan fingerprint density at radius 2 is 1.96 bits per heavy atom. The summed E-state index contributed by atoms with van der Waals surface area (Å²) in [7, 11) is 0. The lowest BCUT2D eigenvalue weighted by Crippen LogP contribution is -2.34. The van der Waals surface area contributed by atoms with Crippen molar-refractivity contribution in [1.29, 1.82) is 0 Å². The molecule has 1 aromatic heterocycles. The second-order valence-electron chi connectivity index (χ2n) is 7.13. The standard InChI is InChI=1S/C19H26N2O4.ClH/c22-14-4-1-2-5-15(14)24-16-6-3-7-17-18(16)19(21-25-17)23-12-13-8-10-20-11-9-13;/h3,6-7,13-15,20,22H,1-2,4-5,8-12H2;1H. The summed E-state index contributed by atoms with van der Waals surface area (Å²) in [5.41, 5.74) is 0.656. The number of aliphatic hydroxyl groups excluding tert-OH is 1. The molecule has 4 rings (SSSR count). The molecule has 0 spiro atoms. The third kappa shape index (κ3) is 4.24. The molecule has 1 aromatic carbocycles. The van der Waals surface area contributed by atoms with Crippen LogP contribution in [0, 0.1) is 5.92 Å². The van der Waals surface area contributed by atoms with Gasteiger partial charge in [0.15, 0.2) is 5.58 Å². The summed E-state index contributed by atoms with van der Waals surface area (Å²) in [5, 5.41) is 18.4. The van der Waals surface area contributed by atoms with Crippen LogP contribution < -0.4 is 14.8 Å². The van der Waals surface area contributed by atoms with Gasteiger partial charge in [0.25, 0.3) is 5.88 Å². The molecular weight excluding hydrogens is 356 g/mol. The second-order valence-corrected chi connectivity index (χ2v) is 7.13. The summed E-state index contributed by atoms with van der Waals surface area (Å²) in [6, 6.07) is 5.65. The molecule has 1 saturated carbocycles. The van der Waals surface area contributed by atoms with Crippen LogP contribution in [0.15, 0.2) is 22.7 Å². The van der Waals surface area contributed by atoms with E-state index in [0.717, 1.165) is 57.0 Å². The minimum atomic E-state index is -0.414. The predicted octanol–water partition coefficient (Wildman–Crippen LogP) is 3.31. The van der Waals surface area contributed by atoms with Crippen molar-refractivity contribution >= 4 is 23.4 Å². The molecular formula is C19H27ClN2O4. The summed E-state index contributed by atoms with van der Waals surface area (Å²) >= 11 is 0. The minimum absolute atomic E-state index is 0. The molecule has 26 heavy (non-hydrogen) atoms. The van der Waals surface area contributed by atoms with Gasteiger partial charge in [0.2, 0.25) is 0 Å². The molecule has 7 heteroatoms. The summed E-state index contributed by atoms with van der Waals surface area (Å²) in [5.74, 6) is 1.72. The predicted molar refractivity (Wildman–Crippen MR) is 101 cm³/mol. The highest BCUT2D eigenvalue weighted by Gasteiger charge is 2.26. The molecule has 1 aliphatic heterocycles. The van der Waals surface area contributed by atoms with Crippen LogP contribution in [0.25, 0.3) is 11.0 Å². The molecule has 144 valence electrons. The number of piperidine rings is 1.